The van der Waals surface area contributed by atoms with Gasteiger partial charge < -0.3 is 15.4 Å². The highest BCUT2D eigenvalue weighted by molar-refractivity contribution is 7.92. The van der Waals surface area contributed by atoms with Crippen molar-refractivity contribution in [2.45, 2.75) is 32.0 Å². The van der Waals surface area contributed by atoms with Gasteiger partial charge >= 0.3 is 6.18 Å². The Balaban J connectivity index is 1.47. The van der Waals surface area contributed by atoms with Crippen molar-refractivity contribution in [3.63, 3.8) is 0 Å². The molecule has 1 saturated heterocycles. The monoisotopic (exact) mass is 572 g/mol. The number of rotatable bonds is 8. The molecule has 0 saturated carbocycles. The predicted molar refractivity (Wildman–Crippen MR) is 147 cm³/mol. The second-order valence-electron chi connectivity index (χ2n) is 9.50. The Hall–Kier alpha value is -3.97. The molecule has 0 aliphatic carbocycles. The normalized spacial score (nSPS) is 16.1. The van der Waals surface area contributed by atoms with Crippen LogP contribution in [0.3, 0.4) is 0 Å². The van der Waals surface area contributed by atoms with E-state index in [0.29, 0.717) is 39.3 Å². The van der Waals surface area contributed by atoms with Gasteiger partial charge in [-0.3, -0.25) is 4.72 Å². The number of alkyl halides is 3. The maximum Gasteiger partial charge on any atom is 0.404 e. The summed E-state index contributed by atoms with van der Waals surface area (Å²) in [4.78, 5) is 13.4. The van der Waals surface area contributed by atoms with Gasteiger partial charge in [0, 0.05) is 35.8 Å². The second-order valence-corrected chi connectivity index (χ2v) is 11.2. The fraction of sp³-hybridized carbons (Fsp3) is 0.296. The highest BCUT2D eigenvalue weighted by Gasteiger charge is 2.35. The number of benzene rings is 2. The van der Waals surface area contributed by atoms with E-state index in [-0.39, 0.29) is 17.6 Å². The van der Waals surface area contributed by atoms with E-state index < -0.39 is 22.0 Å². The molecule has 2 aromatic carbocycles. The van der Waals surface area contributed by atoms with Crippen molar-refractivity contribution in [2.75, 3.05) is 28.9 Å². The van der Waals surface area contributed by atoms with Crippen LogP contribution in [0.2, 0.25) is 0 Å². The molecule has 0 bridgehead atoms. The van der Waals surface area contributed by atoms with Gasteiger partial charge in [-0.25, -0.2) is 23.4 Å². The van der Waals surface area contributed by atoms with Crippen LogP contribution in [0.15, 0.2) is 60.9 Å². The number of aromatic nitrogens is 3. The number of pyridine rings is 1. The van der Waals surface area contributed by atoms with Gasteiger partial charge in [0.15, 0.2) is 5.75 Å². The average molecular weight is 573 g/mol. The Morgan fingerprint density at radius 2 is 1.90 bits per heavy atom. The number of sulfonamides is 1. The SMILES string of the molecule is Cc1ccc2c(NS(=O)(=O)CC(F)(F)F)cccc2c1Oc1ncccc1-c1ccnc(N[C@H]2CCCNC2)n1. The van der Waals surface area contributed by atoms with Gasteiger partial charge in [0.25, 0.3) is 0 Å². The van der Waals surface area contributed by atoms with E-state index in [4.69, 9.17) is 4.74 Å². The fourth-order valence-electron chi connectivity index (χ4n) is 4.58. The average Bonchev–Trinajstić information content (AvgIpc) is 2.90. The lowest BCUT2D eigenvalue weighted by molar-refractivity contribution is -0.106. The summed E-state index contributed by atoms with van der Waals surface area (Å²) in [7, 11) is -4.68. The maximum absolute atomic E-state index is 12.8. The van der Waals surface area contributed by atoms with Crippen LogP contribution in [0.25, 0.3) is 22.0 Å². The molecule has 3 heterocycles. The van der Waals surface area contributed by atoms with Gasteiger partial charge in [-0.2, -0.15) is 13.2 Å². The summed E-state index contributed by atoms with van der Waals surface area (Å²) >= 11 is 0. The van der Waals surface area contributed by atoms with Crippen LogP contribution >= 0.6 is 0 Å². The van der Waals surface area contributed by atoms with E-state index in [2.05, 4.69) is 30.3 Å². The van der Waals surface area contributed by atoms with Crippen molar-refractivity contribution in [3.8, 4) is 22.9 Å². The zero-order valence-electron chi connectivity index (χ0n) is 21.5. The summed E-state index contributed by atoms with van der Waals surface area (Å²) in [5.41, 5.74) is 1.92. The van der Waals surface area contributed by atoms with Crippen molar-refractivity contribution in [1.82, 2.24) is 20.3 Å². The Bertz CT molecular complexity index is 1630. The van der Waals surface area contributed by atoms with Crippen LogP contribution in [0, 0.1) is 6.92 Å². The van der Waals surface area contributed by atoms with E-state index in [1.807, 2.05) is 13.0 Å². The number of hydrogen-bond acceptors (Lipinski definition) is 8. The van der Waals surface area contributed by atoms with Crippen molar-refractivity contribution in [2.24, 2.45) is 0 Å². The van der Waals surface area contributed by atoms with Crippen LogP contribution in [-0.4, -0.2) is 54.4 Å². The lowest BCUT2D eigenvalue weighted by atomic mass is 10.0. The van der Waals surface area contributed by atoms with Crippen LogP contribution < -0.4 is 20.1 Å². The van der Waals surface area contributed by atoms with E-state index in [0.717, 1.165) is 25.9 Å². The Labute approximate surface area is 229 Å². The molecule has 210 valence electrons. The molecule has 2 aromatic heterocycles. The largest absolute Gasteiger partial charge is 0.437 e. The molecule has 5 rings (SSSR count). The van der Waals surface area contributed by atoms with Gasteiger partial charge in [-0.05, 0) is 56.1 Å². The smallest absolute Gasteiger partial charge is 0.404 e. The first kappa shape index (κ1) is 27.6. The zero-order chi connectivity index (χ0) is 28.3. The molecule has 0 amide bonds. The number of nitrogens with zero attached hydrogens (tertiary/aromatic N) is 3. The van der Waals surface area contributed by atoms with E-state index in [9.17, 15) is 21.6 Å². The molecule has 1 aliphatic heterocycles. The number of hydrogen-bond donors (Lipinski definition) is 3. The van der Waals surface area contributed by atoms with Crippen LogP contribution in [0.4, 0.5) is 24.8 Å². The second kappa shape index (κ2) is 11.3. The van der Waals surface area contributed by atoms with Crippen molar-refractivity contribution >= 4 is 32.4 Å². The Morgan fingerprint density at radius 3 is 2.67 bits per heavy atom. The summed E-state index contributed by atoms with van der Waals surface area (Å²) in [5.74, 6) is -0.867. The summed E-state index contributed by atoms with van der Waals surface area (Å²) in [6.45, 7) is 3.62. The van der Waals surface area contributed by atoms with E-state index >= 15 is 0 Å². The van der Waals surface area contributed by atoms with E-state index in [1.165, 1.54) is 6.07 Å². The molecule has 13 heteroatoms. The molecule has 1 atom stereocenters. The number of aryl methyl sites for hydroxylation is 1. The number of piperidine rings is 1. The minimum absolute atomic E-state index is 0.0107. The lowest BCUT2D eigenvalue weighted by Gasteiger charge is -2.23. The molecule has 1 aliphatic rings. The van der Waals surface area contributed by atoms with Crippen molar-refractivity contribution < 1.29 is 26.3 Å². The van der Waals surface area contributed by atoms with Gasteiger partial charge in [0.05, 0.1) is 16.9 Å². The van der Waals surface area contributed by atoms with E-state index in [1.54, 1.807) is 48.8 Å². The number of halogens is 3. The predicted octanol–water partition coefficient (Wildman–Crippen LogP) is 5.26. The molecule has 1 fully saturated rings. The summed E-state index contributed by atoms with van der Waals surface area (Å²) < 4.78 is 71.0. The molecule has 9 nitrogen and oxygen atoms in total. The Morgan fingerprint density at radius 1 is 1.05 bits per heavy atom. The Kier molecular flexibility index (Phi) is 7.76. The topological polar surface area (TPSA) is 118 Å². The van der Waals surface area contributed by atoms with Gasteiger partial charge in [-0.1, -0.05) is 24.3 Å². The number of fused-ring (bicyclic) bond motifs is 1. The summed E-state index contributed by atoms with van der Waals surface area (Å²) in [6.07, 6.45) is 0.426. The highest BCUT2D eigenvalue weighted by Crippen LogP contribution is 2.39. The molecule has 0 spiro atoms. The van der Waals surface area contributed by atoms with Crippen LogP contribution in [0.1, 0.15) is 18.4 Å². The first-order valence-electron chi connectivity index (χ1n) is 12.6. The molecule has 40 heavy (non-hydrogen) atoms. The quantitative estimate of drug-likeness (QED) is 0.262. The third kappa shape index (κ3) is 6.59. The molecule has 4 aromatic rings. The highest BCUT2D eigenvalue weighted by atomic mass is 32.2. The third-order valence-electron chi connectivity index (χ3n) is 6.36. The number of anilines is 2. The van der Waals surface area contributed by atoms with Gasteiger partial charge in [0.2, 0.25) is 21.9 Å². The first-order chi connectivity index (χ1) is 19.1. The lowest BCUT2D eigenvalue weighted by Crippen LogP contribution is -2.38. The van der Waals surface area contributed by atoms with Crippen LogP contribution in [-0.2, 0) is 10.0 Å². The molecular weight excluding hydrogens is 545 g/mol. The molecule has 3 N–H and O–H groups in total. The minimum Gasteiger partial charge on any atom is -0.437 e. The number of nitrogens with one attached hydrogen (secondary N) is 3. The van der Waals surface area contributed by atoms with Gasteiger partial charge in [0.1, 0.15) is 5.75 Å². The standard InChI is InChI=1S/C27H27F3N6O3S/c1-17-9-10-19-20(6-2-8-23(19)36-40(37,38)16-27(28,29)30)24(17)39-25-21(7-4-13-32-25)22-11-14-33-26(35-22)34-18-5-3-12-31-15-18/h2,4,6-11,13-14,18,31,36H,3,5,12,15-16H2,1H3,(H,33,34,35)/t18-/m0/s1. The van der Waals surface area contributed by atoms with Crippen molar-refractivity contribution in [1.29, 1.82) is 0 Å². The minimum atomic E-state index is -4.87. The number of ether oxygens (including phenoxy) is 1. The zero-order valence-corrected chi connectivity index (χ0v) is 22.3. The third-order valence-corrected chi connectivity index (χ3v) is 7.60. The molecule has 0 radical (unpaired) electrons. The molecule has 0 unspecified atom stereocenters. The first-order valence-corrected chi connectivity index (χ1v) is 14.3. The maximum atomic E-state index is 12.8. The molecular formula is C27H27F3N6O3S. The van der Waals surface area contributed by atoms with Gasteiger partial charge in [-0.15, -0.1) is 0 Å². The van der Waals surface area contributed by atoms with Crippen LogP contribution in [0.5, 0.6) is 11.6 Å². The van der Waals surface area contributed by atoms with Crippen molar-refractivity contribution in [3.05, 3.63) is 66.5 Å². The summed E-state index contributed by atoms with van der Waals surface area (Å²) in [5, 5.41) is 7.58. The summed E-state index contributed by atoms with van der Waals surface area (Å²) in [6, 6.07) is 13.5. The fourth-order valence-corrected chi connectivity index (χ4v) is 5.60.